The Morgan fingerprint density at radius 2 is 2.22 bits per heavy atom. The zero-order valence-corrected chi connectivity index (χ0v) is 11.9. The molecule has 0 aromatic heterocycles. The van der Waals surface area contributed by atoms with E-state index in [4.69, 9.17) is 10.5 Å². The number of rotatable bonds is 5. The first-order valence-electron chi connectivity index (χ1n) is 6.83. The van der Waals surface area contributed by atoms with Crippen LogP contribution in [0.1, 0.15) is 26.2 Å². The van der Waals surface area contributed by atoms with Crippen LogP contribution in [0.4, 0.5) is 0 Å². The summed E-state index contributed by atoms with van der Waals surface area (Å²) in [4.78, 5) is 16.6. The molecule has 0 aromatic carbocycles. The maximum Gasteiger partial charge on any atom is 0.225 e. The number of hydrogen-bond acceptors (Lipinski definition) is 4. The van der Waals surface area contributed by atoms with Gasteiger partial charge in [-0.05, 0) is 26.4 Å². The van der Waals surface area contributed by atoms with Gasteiger partial charge in [-0.3, -0.25) is 4.79 Å². The van der Waals surface area contributed by atoms with Crippen molar-refractivity contribution < 1.29 is 9.53 Å². The SMILES string of the molecule is CCC1CN(C)CCCN1C(=O)CC(CN)OC. The third kappa shape index (κ3) is 4.23. The fourth-order valence-corrected chi connectivity index (χ4v) is 2.50. The fourth-order valence-electron chi connectivity index (χ4n) is 2.50. The third-order valence-electron chi connectivity index (χ3n) is 3.69. The van der Waals surface area contributed by atoms with Crippen molar-refractivity contribution in [3.63, 3.8) is 0 Å². The van der Waals surface area contributed by atoms with E-state index in [0.717, 1.165) is 32.5 Å². The molecular formula is C13H27N3O2. The Balaban J connectivity index is 2.62. The maximum absolute atomic E-state index is 12.3. The summed E-state index contributed by atoms with van der Waals surface area (Å²) in [5.41, 5.74) is 5.58. The highest BCUT2D eigenvalue weighted by atomic mass is 16.5. The number of carbonyl (C=O) groups is 1. The van der Waals surface area contributed by atoms with Crippen LogP contribution in [0.3, 0.4) is 0 Å². The van der Waals surface area contributed by atoms with Crippen molar-refractivity contribution in [1.29, 1.82) is 0 Å². The molecule has 5 heteroatoms. The topological polar surface area (TPSA) is 58.8 Å². The normalized spacial score (nSPS) is 23.8. The lowest BCUT2D eigenvalue weighted by atomic mass is 10.1. The Kier molecular flexibility index (Phi) is 6.60. The van der Waals surface area contributed by atoms with Gasteiger partial charge in [-0.2, -0.15) is 0 Å². The summed E-state index contributed by atoms with van der Waals surface area (Å²) < 4.78 is 5.20. The second-order valence-corrected chi connectivity index (χ2v) is 5.06. The number of carbonyl (C=O) groups excluding carboxylic acids is 1. The molecule has 0 bridgehead atoms. The van der Waals surface area contributed by atoms with Gasteiger partial charge >= 0.3 is 0 Å². The quantitative estimate of drug-likeness (QED) is 0.769. The Morgan fingerprint density at radius 1 is 1.50 bits per heavy atom. The van der Waals surface area contributed by atoms with Gasteiger partial charge in [-0.25, -0.2) is 0 Å². The van der Waals surface area contributed by atoms with Gasteiger partial charge in [-0.1, -0.05) is 6.92 Å². The second-order valence-electron chi connectivity index (χ2n) is 5.06. The predicted molar refractivity (Wildman–Crippen MR) is 72.4 cm³/mol. The van der Waals surface area contributed by atoms with Crippen molar-refractivity contribution >= 4 is 5.91 Å². The summed E-state index contributed by atoms with van der Waals surface area (Å²) in [6.07, 6.45) is 2.28. The van der Waals surface area contributed by atoms with E-state index in [0.29, 0.717) is 19.0 Å². The zero-order valence-electron chi connectivity index (χ0n) is 11.9. The van der Waals surface area contributed by atoms with Gasteiger partial charge in [0.25, 0.3) is 0 Å². The molecule has 106 valence electrons. The molecule has 1 heterocycles. The highest BCUT2D eigenvalue weighted by molar-refractivity contribution is 5.77. The monoisotopic (exact) mass is 257 g/mol. The summed E-state index contributed by atoms with van der Waals surface area (Å²) >= 11 is 0. The number of likely N-dealkylation sites (N-methyl/N-ethyl adjacent to an activating group) is 1. The van der Waals surface area contributed by atoms with Crippen molar-refractivity contribution in [2.45, 2.75) is 38.3 Å². The first-order valence-corrected chi connectivity index (χ1v) is 6.83. The Hall–Kier alpha value is -0.650. The third-order valence-corrected chi connectivity index (χ3v) is 3.69. The van der Waals surface area contributed by atoms with Gasteiger partial charge in [0.05, 0.1) is 12.5 Å². The predicted octanol–water partition coefficient (Wildman–Crippen LogP) is 0.293. The lowest BCUT2D eigenvalue weighted by Crippen LogP contribution is -2.45. The summed E-state index contributed by atoms with van der Waals surface area (Å²) in [5, 5.41) is 0. The van der Waals surface area contributed by atoms with E-state index in [-0.39, 0.29) is 12.0 Å². The summed E-state index contributed by atoms with van der Waals surface area (Å²) in [7, 11) is 3.73. The average Bonchev–Trinajstić information content (AvgIpc) is 2.56. The Morgan fingerprint density at radius 3 is 2.78 bits per heavy atom. The van der Waals surface area contributed by atoms with Gasteiger partial charge < -0.3 is 20.3 Å². The molecule has 1 amide bonds. The molecule has 2 atom stereocenters. The molecule has 18 heavy (non-hydrogen) atoms. The number of nitrogens with two attached hydrogens (primary N) is 1. The van der Waals surface area contributed by atoms with Crippen molar-refractivity contribution in [2.75, 3.05) is 40.3 Å². The van der Waals surface area contributed by atoms with Gasteiger partial charge in [0.2, 0.25) is 5.91 Å². The van der Waals surface area contributed by atoms with E-state index in [2.05, 4.69) is 18.9 Å². The molecule has 0 radical (unpaired) electrons. The minimum atomic E-state index is -0.156. The molecule has 1 aliphatic heterocycles. The highest BCUT2D eigenvalue weighted by Gasteiger charge is 2.27. The summed E-state index contributed by atoms with van der Waals surface area (Å²) in [5.74, 6) is 0.175. The van der Waals surface area contributed by atoms with Crippen LogP contribution in [0.2, 0.25) is 0 Å². The lowest BCUT2D eigenvalue weighted by molar-refractivity contribution is -0.135. The number of hydrogen-bond donors (Lipinski definition) is 1. The van der Waals surface area contributed by atoms with E-state index in [1.54, 1.807) is 7.11 Å². The van der Waals surface area contributed by atoms with Crippen LogP contribution in [-0.4, -0.2) is 68.2 Å². The van der Waals surface area contributed by atoms with Gasteiger partial charge in [-0.15, -0.1) is 0 Å². The number of methoxy groups -OCH3 is 1. The Labute approximate surface area is 110 Å². The van der Waals surface area contributed by atoms with E-state index in [1.165, 1.54) is 0 Å². The van der Waals surface area contributed by atoms with Crippen LogP contribution >= 0.6 is 0 Å². The van der Waals surface area contributed by atoms with E-state index in [9.17, 15) is 4.79 Å². The van der Waals surface area contributed by atoms with Crippen molar-refractivity contribution in [3.8, 4) is 0 Å². The van der Waals surface area contributed by atoms with Gasteiger partial charge in [0, 0.05) is 32.8 Å². The molecule has 1 aliphatic rings. The number of nitrogens with zero attached hydrogens (tertiary/aromatic N) is 2. The molecular weight excluding hydrogens is 230 g/mol. The van der Waals surface area contributed by atoms with Crippen LogP contribution in [0, 0.1) is 0 Å². The molecule has 1 saturated heterocycles. The molecule has 1 fully saturated rings. The van der Waals surface area contributed by atoms with Crippen molar-refractivity contribution in [1.82, 2.24) is 9.80 Å². The summed E-state index contributed by atoms with van der Waals surface area (Å²) in [6.45, 7) is 5.41. The number of ether oxygens (including phenoxy) is 1. The van der Waals surface area contributed by atoms with Crippen LogP contribution in [0.25, 0.3) is 0 Å². The molecule has 5 nitrogen and oxygen atoms in total. The lowest BCUT2D eigenvalue weighted by Gasteiger charge is -2.31. The Bertz CT molecular complexity index is 257. The zero-order chi connectivity index (χ0) is 13.5. The standard InChI is InChI=1S/C13H27N3O2/c1-4-11-10-15(2)6-5-7-16(11)13(17)8-12(9-14)18-3/h11-12H,4-10,14H2,1-3H3. The minimum absolute atomic E-state index is 0.156. The minimum Gasteiger partial charge on any atom is -0.380 e. The fraction of sp³-hybridized carbons (Fsp3) is 0.923. The van der Waals surface area contributed by atoms with Crippen LogP contribution < -0.4 is 5.73 Å². The van der Waals surface area contributed by atoms with E-state index in [1.807, 2.05) is 4.90 Å². The first kappa shape index (κ1) is 15.4. The number of amides is 1. The smallest absolute Gasteiger partial charge is 0.225 e. The largest absolute Gasteiger partial charge is 0.380 e. The van der Waals surface area contributed by atoms with Crippen LogP contribution in [-0.2, 0) is 9.53 Å². The summed E-state index contributed by atoms with van der Waals surface area (Å²) in [6, 6.07) is 0.320. The van der Waals surface area contributed by atoms with Crippen LogP contribution in [0.15, 0.2) is 0 Å². The first-order chi connectivity index (χ1) is 8.62. The molecule has 0 aliphatic carbocycles. The molecule has 2 unspecified atom stereocenters. The van der Waals surface area contributed by atoms with E-state index >= 15 is 0 Å². The molecule has 0 aromatic rings. The molecule has 1 rings (SSSR count). The average molecular weight is 257 g/mol. The van der Waals surface area contributed by atoms with Crippen molar-refractivity contribution in [3.05, 3.63) is 0 Å². The second kappa shape index (κ2) is 7.71. The van der Waals surface area contributed by atoms with Crippen LogP contribution in [0.5, 0.6) is 0 Å². The van der Waals surface area contributed by atoms with E-state index < -0.39 is 0 Å². The molecule has 0 saturated carbocycles. The highest BCUT2D eigenvalue weighted by Crippen LogP contribution is 2.14. The molecule has 2 N–H and O–H groups in total. The molecule has 0 spiro atoms. The van der Waals surface area contributed by atoms with Crippen molar-refractivity contribution in [2.24, 2.45) is 5.73 Å². The maximum atomic E-state index is 12.3. The van der Waals surface area contributed by atoms with Gasteiger partial charge in [0.1, 0.15) is 0 Å². The van der Waals surface area contributed by atoms with Gasteiger partial charge in [0.15, 0.2) is 0 Å².